The topological polar surface area (TPSA) is 251 Å². The number of carbonyl (C=O) groups is 2. The van der Waals surface area contributed by atoms with Gasteiger partial charge < -0.3 is 59.8 Å². The van der Waals surface area contributed by atoms with Crippen molar-refractivity contribution in [2.24, 2.45) is 11.8 Å². The van der Waals surface area contributed by atoms with Gasteiger partial charge in [-0.05, 0) is 88.5 Å². The van der Waals surface area contributed by atoms with Gasteiger partial charge in [0.1, 0.15) is 29.5 Å². The Labute approximate surface area is 476 Å². The number of ether oxygens (including phenoxy) is 2. The molecule has 6 fully saturated rings. The first-order chi connectivity index (χ1) is 39.3. The zero-order chi connectivity index (χ0) is 55.9. The average Bonchev–Trinajstić information content (AvgIpc) is 4.28. The van der Waals surface area contributed by atoms with Gasteiger partial charge in [0.05, 0.1) is 69.9 Å². The number of β-amino-alcohol motifs (C(OH)–C–C–N with tert-alkyl or cyclic N) is 1. The molecule has 1 aromatic carbocycles. The summed E-state index contributed by atoms with van der Waals surface area (Å²) in [6.07, 6.45) is 13.1. The molecule has 6 aromatic rings. The summed E-state index contributed by atoms with van der Waals surface area (Å²) in [5, 5.41) is 37.3. The first-order valence-electron chi connectivity index (χ1n) is 29.0. The molecule has 6 aliphatic rings. The monoisotopic (exact) mass is 1120 g/mol. The highest BCUT2D eigenvalue weighted by Crippen LogP contribution is 2.41. The molecule has 0 radical (unpaired) electrons. The fourth-order valence-electron chi connectivity index (χ4n) is 13.1. The number of para-hydroxylation sites is 1. The molecule has 428 valence electrons. The van der Waals surface area contributed by atoms with Gasteiger partial charge in [0, 0.05) is 113 Å². The number of hydrogen-bond acceptors (Lipinski definition) is 20. The third kappa shape index (κ3) is 11.7. The van der Waals surface area contributed by atoms with Crippen LogP contribution in [0.3, 0.4) is 0 Å². The lowest BCUT2D eigenvalue weighted by Gasteiger charge is -2.43. The van der Waals surface area contributed by atoms with Gasteiger partial charge in [-0.25, -0.2) is 9.97 Å². The Kier molecular flexibility index (Phi) is 15.8. The fraction of sp³-hybridized carbons (Fsp3) is 0.542. The molecule has 5 N–H and O–H groups in total. The van der Waals surface area contributed by atoms with Crippen LogP contribution in [0.2, 0.25) is 0 Å². The third-order valence-electron chi connectivity index (χ3n) is 17.6. The number of aromatic hydroxyl groups is 1. The number of nitrogens with one attached hydrogen (secondary N) is 1. The molecule has 1 saturated carbocycles. The molecule has 2 amide bonds. The van der Waals surface area contributed by atoms with Crippen molar-refractivity contribution >= 4 is 46.2 Å². The molecule has 6 atom stereocenters. The number of benzene rings is 1. The minimum atomic E-state index is -0.849. The molecular weight excluding hydrogens is 1050 g/mol. The molecule has 22 heteroatoms. The quantitative estimate of drug-likeness (QED) is 0.0734. The number of piperazine rings is 1. The summed E-state index contributed by atoms with van der Waals surface area (Å²) in [6.45, 7) is 14.2. The highest BCUT2D eigenvalue weighted by molar-refractivity contribution is 7.13. The lowest BCUT2D eigenvalue weighted by molar-refractivity contribution is -0.141. The first-order valence-corrected chi connectivity index (χ1v) is 29.8. The summed E-state index contributed by atoms with van der Waals surface area (Å²) in [7, 11) is 0. The van der Waals surface area contributed by atoms with Crippen LogP contribution < -0.4 is 30.5 Å². The summed E-state index contributed by atoms with van der Waals surface area (Å²) in [5.74, 6) is 1.54. The van der Waals surface area contributed by atoms with Crippen molar-refractivity contribution in [1.29, 1.82) is 0 Å². The second-order valence-electron chi connectivity index (χ2n) is 23.5. The zero-order valence-electron chi connectivity index (χ0n) is 46.6. The highest BCUT2D eigenvalue weighted by Gasteiger charge is 2.45. The van der Waals surface area contributed by atoms with Crippen LogP contribution in [-0.2, 0) is 14.3 Å². The van der Waals surface area contributed by atoms with Crippen molar-refractivity contribution in [2.75, 3.05) is 72.8 Å². The van der Waals surface area contributed by atoms with Crippen molar-refractivity contribution in [3.8, 4) is 33.5 Å². The molecule has 5 aliphatic heterocycles. The number of nitrogens with two attached hydrogens (primary N) is 1. The highest BCUT2D eigenvalue weighted by atomic mass is 32.1. The van der Waals surface area contributed by atoms with Crippen molar-refractivity contribution in [3.05, 3.63) is 89.8 Å². The molecule has 0 spiro atoms. The minimum absolute atomic E-state index is 0.0565. The lowest BCUT2D eigenvalue weighted by Crippen LogP contribution is -2.54. The van der Waals surface area contributed by atoms with Gasteiger partial charge in [-0.1, -0.05) is 31.1 Å². The second-order valence-corrected chi connectivity index (χ2v) is 24.4. The van der Waals surface area contributed by atoms with Crippen LogP contribution in [0.4, 0.5) is 23.0 Å². The Morgan fingerprint density at radius 1 is 0.840 bits per heavy atom. The molecule has 5 aromatic heterocycles. The molecular formula is C59H74N14O7S. The molecule has 10 heterocycles. The van der Waals surface area contributed by atoms with E-state index in [-0.39, 0.29) is 54.8 Å². The van der Waals surface area contributed by atoms with Gasteiger partial charge >= 0.3 is 0 Å². The minimum Gasteiger partial charge on any atom is -0.507 e. The van der Waals surface area contributed by atoms with E-state index in [1.54, 1.807) is 30.0 Å². The van der Waals surface area contributed by atoms with Gasteiger partial charge in [-0.2, -0.15) is 0 Å². The summed E-state index contributed by atoms with van der Waals surface area (Å²) in [4.78, 5) is 58.4. The van der Waals surface area contributed by atoms with E-state index in [0.717, 1.165) is 131 Å². The van der Waals surface area contributed by atoms with E-state index in [9.17, 15) is 19.8 Å². The smallest absolute Gasteiger partial charge is 0.243 e. The summed E-state index contributed by atoms with van der Waals surface area (Å²) in [5.41, 5.74) is 13.6. The number of piperidine rings is 2. The number of carbonyl (C=O) groups excluding carboxylic acids is 2. The van der Waals surface area contributed by atoms with Crippen LogP contribution in [-0.4, -0.2) is 162 Å². The molecule has 81 heavy (non-hydrogen) atoms. The van der Waals surface area contributed by atoms with E-state index >= 15 is 0 Å². The summed E-state index contributed by atoms with van der Waals surface area (Å²) in [6, 6.07) is 14.5. The number of hydrogen-bond donors (Lipinski definition) is 4. The van der Waals surface area contributed by atoms with Crippen LogP contribution in [0.5, 0.6) is 11.6 Å². The first kappa shape index (κ1) is 54.6. The number of pyridine rings is 1. The van der Waals surface area contributed by atoms with Gasteiger partial charge in [-0.3, -0.25) is 19.6 Å². The standard InChI is InChI=1S/C59H74N14O7S/c1-34(2)55(59(77)72-32-41(74)22-50(72)58(76)65-35(3)47-27-63-48(28-62-47)56-36(4)64-33-81-56)52-26-53(68-80-52)70-19-12-37(13-20-70)29-69-17-14-42(15-18-69)78-43-23-44(24-43)79-54-21-38(11-16-61-54)73-39-9-10-40(73)31-71(30-39)49-25-46(66-67-57(49)60)45-7-5-6-8-51(45)75/h5-8,11,16,21,25-28,33-35,37,39-44,50,55,74-75H,9-10,12-15,17-20,22-24,29-32H2,1-4H3,(H2,60,67)(H,65,76)/t35-,39+,40?,41+,43?,44?,50-,55-/m0/s1. The number of aliphatic hydroxyl groups is 1. The number of likely N-dealkylation sites (tertiary alicyclic amines) is 2. The maximum absolute atomic E-state index is 14.4. The van der Waals surface area contributed by atoms with Crippen LogP contribution in [0.15, 0.2) is 77.2 Å². The Morgan fingerprint density at radius 3 is 2.33 bits per heavy atom. The third-order valence-corrected chi connectivity index (χ3v) is 18.6. The number of nitrogens with zero attached hydrogens (tertiary/aromatic N) is 12. The molecule has 21 nitrogen and oxygen atoms in total. The lowest BCUT2D eigenvalue weighted by atomic mass is 9.91. The number of rotatable bonds is 17. The van der Waals surface area contributed by atoms with E-state index in [1.807, 2.05) is 58.2 Å². The van der Waals surface area contributed by atoms with E-state index in [2.05, 4.69) is 72.3 Å². The van der Waals surface area contributed by atoms with Crippen LogP contribution in [0, 0.1) is 18.8 Å². The largest absolute Gasteiger partial charge is 0.507 e. The van der Waals surface area contributed by atoms with Gasteiger partial charge in [0.2, 0.25) is 17.7 Å². The van der Waals surface area contributed by atoms with Gasteiger partial charge in [0.25, 0.3) is 0 Å². The number of nitrogen functional groups attached to an aromatic ring is 1. The number of thiazole rings is 1. The fourth-order valence-corrected chi connectivity index (χ4v) is 13.9. The van der Waals surface area contributed by atoms with Crippen molar-refractivity contribution in [2.45, 2.75) is 140 Å². The van der Waals surface area contributed by atoms with Crippen molar-refractivity contribution < 1.29 is 33.8 Å². The maximum Gasteiger partial charge on any atom is 0.243 e. The predicted octanol–water partition coefficient (Wildman–Crippen LogP) is 6.78. The van der Waals surface area contributed by atoms with Crippen LogP contribution in [0.25, 0.3) is 21.8 Å². The van der Waals surface area contributed by atoms with Crippen molar-refractivity contribution in [1.82, 2.24) is 50.4 Å². The molecule has 12 rings (SSSR count). The number of aryl methyl sites for hydroxylation is 1. The Balaban J connectivity index is 0.564. The number of phenols is 1. The normalized spacial score (nSPS) is 24.4. The molecule has 5 saturated heterocycles. The predicted molar refractivity (Wildman–Crippen MR) is 307 cm³/mol. The van der Waals surface area contributed by atoms with Crippen molar-refractivity contribution in [3.63, 3.8) is 0 Å². The molecule has 1 unspecified atom stereocenters. The Morgan fingerprint density at radius 2 is 1.62 bits per heavy atom. The molecule has 1 aliphatic carbocycles. The van der Waals surface area contributed by atoms with Crippen LogP contribution in [0.1, 0.15) is 108 Å². The zero-order valence-corrected chi connectivity index (χ0v) is 47.4. The number of aliphatic hydroxyl groups excluding tert-OH is 1. The second kappa shape index (κ2) is 23.5. The Hall–Kier alpha value is -7.01. The number of phenolic OH excluding ortho intramolecular Hbond substituents is 1. The summed E-state index contributed by atoms with van der Waals surface area (Å²) >= 11 is 1.50. The number of anilines is 4. The van der Waals surface area contributed by atoms with Gasteiger partial charge in [-0.15, -0.1) is 21.5 Å². The maximum atomic E-state index is 14.4. The Bertz CT molecular complexity index is 3140. The van der Waals surface area contributed by atoms with E-state index in [0.29, 0.717) is 52.4 Å². The molecule has 2 bridgehead atoms. The number of aromatic nitrogens is 7. The summed E-state index contributed by atoms with van der Waals surface area (Å²) < 4.78 is 19.0. The van der Waals surface area contributed by atoms with Crippen LogP contribution >= 0.6 is 11.3 Å². The number of amides is 2. The average molecular weight is 1120 g/mol. The van der Waals surface area contributed by atoms with E-state index in [4.69, 9.17) is 19.7 Å². The SMILES string of the molecule is Cc1ncsc1-c1cnc([C@H](C)NC(=O)[C@@H]2C[C@@H](O)CN2C(=O)[C@H](c2cc(N3CCC(CN4CCC(OC5CC(Oc6cc(N7C8CC[C@@H]7CN(c7cc(-c9ccccc9O)nnc7N)C8)ccn6)C5)CC4)CC3)no2)C(C)C)cn1. The number of fused-ring (bicyclic) bond motifs is 2. The van der Waals surface area contributed by atoms with Gasteiger partial charge in [0.15, 0.2) is 17.4 Å². The van der Waals surface area contributed by atoms with E-state index in [1.165, 1.54) is 16.2 Å². The van der Waals surface area contributed by atoms with E-state index < -0.39 is 24.1 Å².